The molecule has 2 N–H and O–H groups in total. The van der Waals surface area contributed by atoms with Crippen molar-refractivity contribution in [3.63, 3.8) is 0 Å². The number of unbranched alkanes of at least 4 members (excludes halogenated alkanes) is 1. The van der Waals surface area contributed by atoms with Gasteiger partial charge in [0.25, 0.3) is 5.69 Å². The van der Waals surface area contributed by atoms with Crippen molar-refractivity contribution < 1.29 is 24.0 Å². The summed E-state index contributed by atoms with van der Waals surface area (Å²) in [6.07, 6.45) is 2.05. The van der Waals surface area contributed by atoms with Gasteiger partial charge in [-0.25, -0.2) is 0 Å². The molecule has 0 aromatic heterocycles. The third-order valence-electron chi connectivity index (χ3n) is 4.13. The van der Waals surface area contributed by atoms with E-state index in [2.05, 4.69) is 17.6 Å². The Morgan fingerprint density at radius 2 is 2.11 bits per heavy atom. The van der Waals surface area contributed by atoms with Gasteiger partial charge in [0.05, 0.1) is 17.4 Å². The van der Waals surface area contributed by atoms with E-state index in [1.807, 2.05) is 0 Å². The molecule has 2 rings (SSSR count). The van der Waals surface area contributed by atoms with Gasteiger partial charge in [0.2, 0.25) is 5.91 Å². The van der Waals surface area contributed by atoms with Gasteiger partial charge < -0.3 is 20.1 Å². The Morgan fingerprint density at radius 1 is 1.39 bits per heavy atom. The van der Waals surface area contributed by atoms with Crippen LogP contribution in [0, 0.1) is 16.0 Å². The highest BCUT2D eigenvalue weighted by Crippen LogP contribution is 2.24. The Hall–Kier alpha value is -2.59. The number of esters is 1. The van der Waals surface area contributed by atoms with Gasteiger partial charge in [-0.05, 0) is 30.8 Å². The van der Waals surface area contributed by atoms with Crippen molar-refractivity contribution in [3.05, 3.63) is 34.4 Å². The Balaban J connectivity index is 1.74. The summed E-state index contributed by atoms with van der Waals surface area (Å²) in [5.41, 5.74) is 0.453. The first kappa shape index (κ1) is 21.7. The quantitative estimate of drug-likeness (QED) is 0.210. The molecule has 10 heteroatoms. The van der Waals surface area contributed by atoms with Crippen molar-refractivity contribution in [2.75, 3.05) is 18.5 Å². The number of cyclic esters (lactones) is 1. The highest BCUT2D eigenvalue weighted by molar-refractivity contribution is 7.80. The van der Waals surface area contributed by atoms with Crippen molar-refractivity contribution in [2.24, 2.45) is 5.92 Å². The molecule has 0 radical (unpaired) electrons. The van der Waals surface area contributed by atoms with Crippen molar-refractivity contribution in [2.45, 2.75) is 38.7 Å². The van der Waals surface area contributed by atoms with Crippen LogP contribution >= 0.6 is 12.2 Å². The summed E-state index contributed by atoms with van der Waals surface area (Å²) in [7, 11) is 0. The number of hydrogen-bond acceptors (Lipinski definition) is 7. The van der Waals surface area contributed by atoms with Crippen LogP contribution in [0.1, 0.15) is 32.6 Å². The molecular weight excluding hydrogens is 386 g/mol. The van der Waals surface area contributed by atoms with Gasteiger partial charge >= 0.3 is 5.97 Å². The van der Waals surface area contributed by atoms with Gasteiger partial charge in [0.15, 0.2) is 5.11 Å². The van der Waals surface area contributed by atoms with E-state index in [9.17, 15) is 19.7 Å². The molecule has 2 atom stereocenters. The van der Waals surface area contributed by atoms with E-state index in [-0.39, 0.29) is 23.3 Å². The zero-order valence-electron chi connectivity index (χ0n) is 15.5. The number of carbonyl (C=O) groups excluding carboxylic acids is 2. The van der Waals surface area contributed by atoms with Gasteiger partial charge in [0, 0.05) is 37.3 Å². The minimum atomic E-state index is -0.526. The van der Waals surface area contributed by atoms with Crippen LogP contribution in [0.15, 0.2) is 24.3 Å². The first-order chi connectivity index (χ1) is 13.4. The van der Waals surface area contributed by atoms with Crippen molar-refractivity contribution >= 4 is 40.6 Å². The third kappa shape index (κ3) is 6.86. The largest absolute Gasteiger partial charge is 0.460 e. The lowest BCUT2D eigenvalue weighted by molar-refractivity contribution is -0.384. The van der Waals surface area contributed by atoms with Crippen LogP contribution in [0.2, 0.25) is 0 Å². The average Bonchev–Trinajstić information content (AvgIpc) is 2.98. The normalized spacial score (nSPS) is 18.4. The van der Waals surface area contributed by atoms with Crippen molar-refractivity contribution in [1.29, 1.82) is 0 Å². The molecule has 0 spiro atoms. The van der Waals surface area contributed by atoms with E-state index in [1.165, 1.54) is 24.3 Å². The lowest BCUT2D eigenvalue weighted by atomic mass is 10.0. The fourth-order valence-electron chi connectivity index (χ4n) is 2.68. The molecule has 0 aliphatic carbocycles. The van der Waals surface area contributed by atoms with Gasteiger partial charge in [0.1, 0.15) is 6.10 Å². The molecule has 1 aromatic carbocycles. The van der Waals surface area contributed by atoms with Crippen LogP contribution in [0.25, 0.3) is 0 Å². The number of nitro groups is 1. The first-order valence-electron chi connectivity index (χ1n) is 9.02. The summed E-state index contributed by atoms with van der Waals surface area (Å²) in [6, 6.07) is 5.61. The highest BCUT2D eigenvalue weighted by Gasteiger charge is 2.35. The maximum Gasteiger partial charge on any atom is 0.309 e. The van der Waals surface area contributed by atoms with Crippen LogP contribution in [-0.4, -0.2) is 41.2 Å². The second-order valence-corrected chi connectivity index (χ2v) is 6.84. The SMILES string of the molecule is CCCCOCC1CC(CC(=O)NC(=S)Nc2ccc([N+](=O)[O-])cc2)C(=O)O1. The number of nitro benzene ring substituents is 1. The Labute approximate surface area is 167 Å². The molecule has 1 aliphatic rings. The van der Waals surface area contributed by atoms with E-state index in [1.54, 1.807) is 0 Å². The van der Waals surface area contributed by atoms with E-state index in [4.69, 9.17) is 21.7 Å². The molecule has 1 aromatic rings. The number of nitrogens with zero attached hydrogens (tertiary/aromatic N) is 1. The minimum absolute atomic E-state index is 0.0353. The van der Waals surface area contributed by atoms with Crippen LogP contribution in [-0.2, 0) is 19.1 Å². The number of hydrogen-bond donors (Lipinski definition) is 2. The molecule has 28 heavy (non-hydrogen) atoms. The van der Waals surface area contributed by atoms with Crippen LogP contribution in [0.5, 0.6) is 0 Å². The summed E-state index contributed by atoms with van der Waals surface area (Å²) in [5, 5.41) is 15.9. The number of amides is 1. The highest BCUT2D eigenvalue weighted by atomic mass is 32.1. The maximum atomic E-state index is 12.1. The molecule has 152 valence electrons. The molecule has 1 fully saturated rings. The molecule has 2 unspecified atom stereocenters. The summed E-state index contributed by atoms with van der Waals surface area (Å²) in [6.45, 7) is 3.02. The van der Waals surface area contributed by atoms with Crippen LogP contribution in [0.3, 0.4) is 0 Å². The fourth-order valence-corrected chi connectivity index (χ4v) is 2.91. The molecular formula is C18H23N3O6S. The monoisotopic (exact) mass is 409 g/mol. The number of benzene rings is 1. The van der Waals surface area contributed by atoms with Gasteiger partial charge in [-0.15, -0.1) is 0 Å². The average molecular weight is 409 g/mol. The van der Waals surface area contributed by atoms with Crippen LogP contribution in [0.4, 0.5) is 11.4 Å². The third-order valence-corrected chi connectivity index (χ3v) is 4.33. The number of anilines is 1. The molecule has 1 saturated heterocycles. The molecule has 0 saturated carbocycles. The second-order valence-electron chi connectivity index (χ2n) is 6.43. The number of nitrogens with one attached hydrogen (secondary N) is 2. The number of thiocarbonyl (C=S) groups is 1. The van der Waals surface area contributed by atoms with Crippen molar-refractivity contribution in [1.82, 2.24) is 5.32 Å². The number of rotatable bonds is 9. The fraction of sp³-hybridized carbons (Fsp3) is 0.500. The van der Waals surface area contributed by atoms with Crippen molar-refractivity contribution in [3.8, 4) is 0 Å². The van der Waals surface area contributed by atoms with Crippen LogP contribution < -0.4 is 10.6 Å². The number of ether oxygens (including phenoxy) is 2. The minimum Gasteiger partial charge on any atom is -0.460 e. The van der Waals surface area contributed by atoms with E-state index in [0.717, 1.165) is 12.8 Å². The molecule has 1 aliphatic heterocycles. The molecule has 9 nitrogen and oxygen atoms in total. The Kier molecular flexibility index (Phi) is 8.27. The summed E-state index contributed by atoms with van der Waals surface area (Å²) < 4.78 is 10.7. The second kappa shape index (κ2) is 10.7. The maximum absolute atomic E-state index is 12.1. The molecule has 1 amide bonds. The smallest absolute Gasteiger partial charge is 0.309 e. The number of non-ortho nitro benzene ring substituents is 1. The zero-order chi connectivity index (χ0) is 20.5. The summed E-state index contributed by atoms with van der Waals surface area (Å²) in [5.74, 6) is -1.34. The van der Waals surface area contributed by atoms with Gasteiger partial charge in [-0.2, -0.15) is 0 Å². The Morgan fingerprint density at radius 3 is 2.75 bits per heavy atom. The van der Waals surface area contributed by atoms with E-state index >= 15 is 0 Å². The van der Waals surface area contributed by atoms with E-state index in [0.29, 0.717) is 25.3 Å². The zero-order valence-corrected chi connectivity index (χ0v) is 16.3. The first-order valence-corrected chi connectivity index (χ1v) is 9.43. The summed E-state index contributed by atoms with van der Waals surface area (Å²) in [4.78, 5) is 34.2. The molecule has 0 bridgehead atoms. The predicted octanol–water partition coefficient (Wildman–Crippen LogP) is 2.55. The Bertz CT molecular complexity index is 725. The number of carbonyl (C=O) groups is 2. The van der Waals surface area contributed by atoms with Gasteiger partial charge in [-0.1, -0.05) is 13.3 Å². The van der Waals surface area contributed by atoms with Gasteiger partial charge in [-0.3, -0.25) is 19.7 Å². The topological polar surface area (TPSA) is 120 Å². The standard InChI is InChI=1S/C18H23N3O6S/c1-2-3-8-26-11-15-9-12(17(23)27-15)10-16(22)20-18(28)19-13-4-6-14(7-5-13)21(24)25/h4-7,12,15H,2-3,8-11H2,1H3,(H2,19,20,22,28). The summed E-state index contributed by atoms with van der Waals surface area (Å²) >= 11 is 5.06. The lowest BCUT2D eigenvalue weighted by Gasteiger charge is -2.11. The predicted molar refractivity (Wildman–Crippen MR) is 106 cm³/mol. The lowest BCUT2D eigenvalue weighted by Crippen LogP contribution is -2.35. The van der Waals surface area contributed by atoms with E-state index < -0.39 is 22.7 Å². The molecule has 1 heterocycles.